The molecule has 0 saturated carbocycles. The minimum absolute atomic E-state index is 0.111. The summed E-state index contributed by atoms with van der Waals surface area (Å²) in [5.74, 6) is -0.776. The molecule has 0 aliphatic carbocycles. The lowest BCUT2D eigenvalue weighted by Crippen LogP contribution is -2.34. The van der Waals surface area contributed by atoms with Crippen molar-refractivity contribution in [1.29, 1.82) is 0 Å². The van der Waals surface area contributed by atoms with Crippen LogP contribution in [0.1, 0.15) is 5.56 Å². The quantitative estimate of drug-likeness (QED) is 0.634. The first-order valence-electron chi connectivity index (χ1n) is 7.84. The van der Waals surface area contributed by atoms with Gasteiger partial charge in [0, 0.05) is 15.7 Å². The highest BCUT2D eigenvalue weighted by molar-refractivity contribution is 9.10. The van der Waals surface area contributed by atoms with Crippen LogP contribution >= 0.6 is 15.9 Å². The Labute approximate surface area is 164 Å². The molecule has 0 fully saturated rings. The fraction of sp³-hybridized carbons (Fsp3) is 0.118. The Morgan fingerprint density at radius 3 is 2.48 bits per heavy atom. The van der Waals surface area contributed by atoms with Crippen molar-refractivity contribution in [2.24, 2.45) is 4.99 Å². The fourth-order valence-electron chi connectivity index (χ4n) is 2.38. The van der Waals surface area contributed by atoms with E-state index in [1.54, 1.807) is 42.5 Å². The first kappa shape index (κ1) is 19.1. The monoisotopic (exact) mass is 450 g/mol. The second-order valence-corrected chi connectivity index (χ2v) is 8.16. The number of rotatable bonds is 5. The van der Waals surface area contributed by atoms with Crippen LogP contribution < -0.4 is 15.4 Å². The predicted molar refractivity (Wildman–Crippen MR) is 104 cm³/mol. The van der Waals surface area contributed by atoms with Gasteiger partial charge in [-0.3, -0.25) is 19.3 Å². The van der Waals surface area contributed by atoms with Crippen molar-refractivity contribution < 1.29 is 18.0 Å². The topological polar surface area (TPSA) is 117 Å². The first-order valence-corrected chi connectivity index (χ1v) is 10.1. The number of anilines is 1. The zero-order valence-electron chi connectivity index (χ0n) is 13.9. The highest BCUT2D eigenvalue weighted by Crippen LogP contribution is 2.22. The third-order valence-corrected chi connectivity index (χ3v) is 5.54. The maximum absolute atomic E-state index is 12.0. The number of amides is 2. The number of halogens is 1. The number of amidine groups is 1. The largest absolute Gasteiger partial charge is 0.345 e. The molecule has 8 nitrogen and oxygen atoms in total. The van der Waals surface area contributed by atoms with Gasteiger partial charge in [-0.05, 0) is 36.4 Å². The zero-order valence-corrected chi connectivity index (χ0v) is 16.3. The van der Waals surface area contributed by atoms with Gasteiger partial charge >= 0.3 is 0 Å². The van der Waals surface area contributed by atoms with Crippen LogP contribution in [0.5, 0.6) is 0 Å². The van der Waals surface area contributed by atoms with Crippen molar-refractivity contribution in [3.63, 3.8) is 0 Å². The van der Waals surface area contributed by atoms with Gasteiger partial charge in [-0.1, -0.05) is 28.1 Å². The van der Waals surface area contributed by atoms with Gasteiger partial charge < -0.3 is 10.6 Å². The highest BCUT2D eigenvalue weighted by Gasteiger charge is 2.30. The van der Waals surface area contributed by atoms with E-state index in [1.165, 1.54) is 6.07 Å². The lowest BCUT2D eigenvalue weighted by molar-refractivity contribution is -0.123. The maximum Gasteiger partial charge on any atom is 0.263 e. The number of fused-ring (bicyclic) bond motifs is 1. The molecule has 1 aliphatic heterocycles. The molecule has 0 bridgehead atoms. The standard InChI is InChI=1S/C17H15BrN4O4S/c18-11-5-7-12(8-6-11)21-16(24)10-19-15(23)9-20-17-13-3-1-2-4-14(13)27(25,26)22-17/h1-8H,9-10H2,(H,19,23)(H,20,22)(H,21,24). The van der Waals surface area contributed by atoms with Crippen molar-refractivity contribution in [3.05, 3.63) is 58.6 Å². The summed E-state index contributed by atoms with van der Waals surface area (Å²) < 4.78 is 27.1. The Kier molecular flexibility index (Phi) is 5.57. The molecule has 10 heteroatoms. The van der Waals surface area contributed by atoms with E-state index in [1.807, 2.05) is 0 Å². The molecule has 2 amide bonds. The molecule has 0 aromatic heterocycles. The Morgan fingerprint density at radius 2 is 1.74 bits per heavy atom. The molecule has 0 unspecified atom stereocenters. The van der Waals surface area contributed by atoms with Crippen LogP contribution in [0.3, 0.4) is 0 Å². The molecule has 1 heterocycles. The number of nitrogens with one attached hydrogen (secondary N) is 3. The summed E-state index contributed by atoms with van der Waals surface area (Å²) in [4.78, 5) is 27.9. The van der Waals surface area contributed by atoms with Crippen molar-refractivity contribution in [3.8, 4) is 0 Å². The Bertz CT molecular complexity index is 1020. The summed E-state index contributed by atoms with van der Waals surface area (Å²) in [6.07, 6.45) is 0. The summed E-state index contributed by atoms with van der Waals surface area (Å²) >= 11 is 3.30. The molecule has 2 aromatic carbocycles. The van der Waals surface area contributed by atoms with E-state index in [4.69, 9.17) is 0 Å². The molecule has 1 aliphatic rings. The van der Waals surface area contributed by atoms with Crippen molar-refractivity contribution in [1.82, 2.24) is 10.0 Å². The third-order valence-electron chi connectivity index (χ3n) is 3.62. The second-order valence-electron chi connectivity index (χ2n) is 5.60. The van der Waals surface area contributed by atoms with Crippen LogP contribution in [0, 0.1) is 0 Å². The zero-order chi connectivity index (χ0) is 19.4. The van der Waals surface area contributed by atoms with E-state index < -0.39 is 15.9 Å². The van der Waals surface area contributed by atoms with Crippen LogP contribution in [-0.2, 0) is 19.6 Å². The van der Waals surface area contributed by atoms with Crippen molar-refractivity contribution in [2.75, 3.05) is 18.4 Å². The van der Waals surface area contributed by atoms with Gasteiger partial charge in [0.05, 0.1) is 11.4 Å². The Morgan fingerprint density at radius 1 is 1.04 bits per heavy atom. The van der Waals surface area contributed by atoms with E-state index in [-0.39, 0.29) is 29.7 Å². The molecule has 140 valence electrons. The number of hydrogen-bond acceptors (Lipinski definition) is 5. The van der Waals surface area contributed by atoms with Gasteiger partial charge in [0.15, 0.2) is 0 Å². The lowest BCUT2D eigenvalue weighted by atomic mass is 10.2. The van der Waals surface area contributed by atoms with Gasteiger partial charge in [0.1, 0.15) is 12.4 Å². The van der Waals surface area contributed by atoms with Crippen molar-refractivity contribution >= 4 is 49.3 Å². The molecule has 3 rings (SSSR count). The molecule has 0 spiro atoms. The van der Waals surface area contributed by atoms with Gasteiger partial charge in [-0.25, -0.2) is 8.42 Å². The van der Waals surface area contributed by atoms with E-state index in [9.17, 15) is 18.0 Å². The third kappa shape index (κ3) is 4.72. The van der Waals surface area contributed by atoms with E-state index in [0.29, 0.717) is 11.3 Å². The van der Waals surface area contributed by atoms with Crippen LogP contribution in [0.15, 0.2) is 62.9 Å². The molecule has 27 heavy (non-hydrogen) atoms. The molecule has 2 aromatic rings. The van der Waals surface area contributed by atoms with E-state index in [0.717, 1.165) is 4.47 Å². The summed E-state index contributed by atoms with van der Waals surface area (Å²) in [7, 11) is -3.65. The lowest BCUT2D eigenvalue weighted by Gasteiger charge is -2.06. The van der Waals surface area contributed by atoms with Crippen molar-refractivity contribution in [2.45, 2.75) is 4.90 Å². The summed E-state index contributed by atoms with van der Waals surface area (Å²) in [6, 6.07) is 13.4. The van der Waals surface area contributed by atoms with E-state index >= 15 is 0 Å². The highest BCUT2D eigenvalue weighted by atomic mass is 79.9. The average Bonchev–Trinajstić information content (AvgIpc) is 2.91. The average molecular weight is 451 g/mol. The number of carbonyl (C=O) groups excluding carboxylic acids is 2. The minimum atomic E-state index is -3.65. The number of sulfonamides is 1. The molecule has 0 radical (unpaired) electrons. The minimum Gasteiger partial charge on any atom is -0.345 e. The normalized spacial score (nSPS) is 15.7. The van der Waals surface area contributed by atoms with Gasteiger partial charge in [0.25, 0.3) is 10.0 Å². The first-order chi connectivity index (χ1) is 12.8. The fourth-order valence-corrected chi connectivity index (χ4v) is 3.89. The number of benzene rings is 2. The summed E-state index contributed by atoms with van der Waals surface area (Å²) in [5, 5.41) is 5.08. The van der Waals surface area contributed by atoms with Gasteiger partial charge in [-0.2, -0.15) is 0 Å². The SMILES string of the molecule is O=C(CN=C1NS(=O)(=O)c2ccccc21)NCC(=O)Nc1ccc(Br)cc1. The molecule has 3 N–H and O–H groups in total. The molecule has 0 saturated heterocycles. The molecular formula is C17H15BrN4O4S. The smallest absolute Gasteiger partial charge is 0.263 e. The second kappa shape index (κ2) is 7.89. The maximum atomic E-state index is 12.0. The number of nitrogens with zero attached hydrogens (tertiary/aromatic N) is 1. The van der Waals surface area contributed by atoms with Crippen LogP contribution in [0.4, 0.5) is 5.69 Å². The molecular weight excluding hydrogens is 436 g/mol. The predicted octanol–water partition coefficient (Wildman–Crippen LogP) is 1.24. The van der Waals surface area contributed by atoms with Crippen LogP contribution in [0.25, 0.3) is 0 Å². The van der Waals surface area contributed by atoms with Crippen LogP contribution in [-0.4, -0.2) is 39.2 Å². The Balaban J connectivity index is 1.54. The summed E-state index contributed by atoms with van der Waals surface area (Å²) in [6.45, 7) is -0.528. The Hall–Kier alpha value is -2.72. The molecule has 0 atom stereocenters. The summed E-state index contributed by atoms with van der Waals surface area (Å²) in [5.41, 5.74) is 1.02. The van der Waals surface area contributed by atoms with Crippen LogP contribution in [0.2, 0.25) is 0 Å². The van der Waals surface area contributed by atoms with Gasteiger partial charge in [0.2, 0.25) is 11.8 Å². The number of hydrogen-bond donors (Lipinski definition) is 3. The number of carbonyl (C=O) groups is 2. The number of aliphatic imine (C=N–C) groups is 1. The van der Waals surface area contributed by atoms with Gasteiger partial charge in [-0.15, -0.1) is 0 Å². The van der Waals surface area contributed by atoms with E-state index in [2.05, 4.69) is 36.3 Å².